The van der Waals surface area contributed by atoms with Gasteiger partial charge in [-0.3, -0.25) is 4.57 Å². The first-order valence-electron chi connectivity index (χ1n) is 39.0. The number of aliphatic hydroxyl groups is 3. The van der Waals surface area contributed by atoms with Crippen molar-refractivity contribution in [1.29, 1.82) is 0 Å². The van der Waals surface area contributed by atoms with E-state index < -0.39 is 52.5 Å². The molecule has 139 heavy (non-hydrogen) atoms. The third kappa shape index (κ3) is 32.9. The minimum atomic E-state index is -4.75. The number of nitrogen functional groups attached to an aromatic ring is 2. The van der Waals surface area contributed by atoms with Crippen molar-refractivity contribution in [2.45, 2.75) is 69.6 Å². The van der Waals surface area contributed by atoms with Gasteiger partial charge >= 0.3 is 43.4 Å². The topological polar surface area (TPSA) is 507 Å². The van der Waals surface area contributed by atoms with E-state index in [0.717, 1.165) is 93.5 Å². The van der Waals surface area contributed by atoms with Gasteiger partial charge in [0.1, 0.15) is 87.9 Å². The van der Waals surface area contributed by atoms with E-state index in [9.17, 15) is 101 Å². The predicted octanol–water partition coefficient (Wildman–Crippen LogP) is 16.4. The molecule has 42 nitrogen and oxygen atoms in total. The summed E-state index contributed by atoms with van der Waals surface area (Å²) in [5.41, 5.74) is 15.6. The van der Waals surface area contributed by atoms with Crippen LogP contribution in [0.2, 0.25) is 15.7 Å². The van der Waals surface area contributed by atoms with Gasteiger partial charge in [-0.15, -0.1) is 81.2 Å². The maximum atomic E-state index is 12.4. The molecule has 13 heterocycles. The first-order chi connectivity index (χ1) is 65.8. The number of hydrogen-bond acceptors (Lipinski definition) is 31. The van der Waals surface area contributed by atoms with Gasteiger partial charge in [-0.2, -0.15) is 9.97 Å². The Morgan fingerprint density at radius 2 is 0.827 bits per heavy atom. The second kappa shape index (κ2) is 47.4. The number of rotatable bonds is 19. The summed E-state index contributed by atoms with van der Waals surface area (Å²) in [7, 11) is 1.00. The molecule has 0 saturated carbocycles. The van der Waals surface area contributed by atoms with Crippen LogP contribution in [0.5, 0.6) is 28.7 Å². The van der Waals surface area contributed by atoms with Crippen LogP contribution in [0, 0.1) is 30.3 Å². The number of aliphatic hydroxyl groups excluding tert-OH is 3. The van der Waals surface area contributed by atoms with E-state index in [1.165, 1.54) is 127 Å². The average molecular weight is 2030 g/mol. The van der Waals surface area contributed by atoms with Gasteiger partial charge in [0.2, 0.25) is 22.8 Å². The fourth-order valence-corrected chi connectivity index (χ4v) is 12.6. The third-order valence-electron chi connectivity index (χ3n) is 17.8. The molecule has 2 fully saturated rings. The lowest BCUT2D eigenvalue weighted by Crippen LogP contribution is -2.34. The molecule has 2 saturated heterocycles. The van der Waals surface area contributed by atoms with Crippen molar-refractivity contribution in [2.75, 3.05) is 60.4 Å². The lowest BCUT2D eigenvalue weighted by atomic mass is 10.2. The minimum Gasteiger partial charge on any atom is -0.406 e. The van der Waals surface area contributed by atoms with Crippen LogP contribution in [0.1, 0.15) is 27.1 Å². The van der Waals surface area contributed by atoms with Crippen LogP contribution in [0.25, 0.3) is 39.3 Å². The van der Waals surface area contributed by atoms with Crippen molar-refractivity contribution < 1.29 is 121 Å². The molecule has 0 unspecified atom stereocenters. The summed E-state index contributed by atoms with van der Waals surface area (Å²) in [4.78, 5) is 62.5. The molecular weight excluding hydrogens is 1960 g/mol. The maximum Gasteiger partial charge on any atom is 0.573 e. The Kier molecular flexibility index (Phi) is 35.8. The van der Waals surface area contributed by atoms with E-state index in [-0.39, 0.29) is 59.2 Å². The molecule has 5 aromatic carbocycles. The Morgan fingerprint density at radius 1 is 0.453 bits per heavy atom. The van der Waals surface area contributed by atoms with Gasteiger partial charge in [-0.25, -0.2) is 43.6 Å². The van der Waals surface area contributed by atoms with Crippen molar-refractivity contribution in [2.24, 2.45) is 0 Å². The monoisotopic (exact) mass is 2030 g/mol. The molecule has 2 aliphatic rings. The zero-order valence-corrected chi connectivity index (χ0v) is 72.7. The van der Waals surface area contributed by atoms with E-state index in [4.69, 9.17) is 56.5 Å². The average Bonchev–Trinajstić information content (AvgIpc) is 1.63. The zero-order valence-electron chi connectivity index (χ0n) is 70.4. The van der Waals surface area contributed by atoms with Gasteiger partial charge in [0.05, 0.1) is 37.8 Å². The summed E-state index contributed by atoms with van der Waals surface area (Å²) < 4.78 is 210. The smallest absolute Gasteiger partial charge is 0.406 e. The number of aromatic nitrogens is 19. The molecular formula is C79H72Cl3F15N28O14. The maximum absolute atomic E-state index is 12.4. The molecule has 18 rings (SSSR count). The van der Waals surface area contributed by atoms with Crippen LogP contribution in [-0.2, 0) is 0 Å². The number of ether oxygens (including phenoxy) is 5. The van der Waals surface area contributed by atoms with Crippen molar-refractivity contribution in [3.05, 3.63) is 285 Å². The molecule has 10 N–H and O–H groups in total. The number of alkyl halides is 15. The number of anilines is 7. The summed E-state index contributed by atoms with van der Waals surface area (Å²) in [6, 6.07) is 37.5. The molecule has 0 aliphatic carbocycles. The molecule has 738 valence electrons. The quantitative estimate of drug-likeness (QED) is 0.0161. The number of imidazole rings is 5. The van der Waals surface area contributed by atoms with E-state index in [1.807, 2.05) is 41.4 Å². The van der Waals surface area contributed by atoms with Crippen molar-refractivity contribution in [1.82, 2.24) is 97.0 Å². The fraction of sp³-hybridized carbons (Fsp3) is 0.203. The zero-order chi connectivity index (χ0) is 101. The summed E-state index contributed by atoms with van der Waals surface area (Å²) in [5, 5.41) is 77.2. The SMILES string of the molecule is CO.Clc1nc(Cl)c2cccn2n1.FC(F)(F)Oc1ccc(-n2cnc(Nc3nc(Cl)nn4cccc34)c2)cc1.Nc1ccc(OC(F)(F)F)cc1.Nc1cn(-c2ccc(OC(F)(F)F)cc2)cn1.O=[N+]([O-])c1cn(-c2ccc(OC(F)(F)F)cc2)cn1.O=[N+]([O-])c1cn([N+](=O)[O-])cn1.OC[C@@H]1CCCN1.OC[C@@H]1CCCN1c1nc(Nc2cn(-c3ccc(OC(F)(F)F)cc3)cn2)c2cccn2n1.[HH]. The number of halogens is 18. The molecule has 16 aromatic rings. The number of hydrogen-bond donors (Lipinski definition) is 8. The summed E-state index contributed by atoms with van der Waals surface area (Å²) in [6.07, 6.45) is -0.744. The van der Waals surface area contributed by atoms with Gasteiger partial charge in [-0.1, -0.05) is 11.6 Å². The highest BCUT2D eigenvalue weighted by molar-refractivity contribution is 6.34. The van der Waals surface area contributed by atoms with Gasteiger partial charge < -0.3 is 105 Å². The Hall–Kier alpha value is -16.1. The largest absolute Gasteiger partial charge is 0.573 e. The molecule has 0 radical (unpaired) electrons. The predicted molar refractivity (Wildman–Crippen MR) is 467 cm³/mol. The van der Waals surface area contributed by atoms with Crippen LogP contribution in [0.3, 0.4) is 0 Å². The van der Waals surface area contributed by atoms with Crippen molar-refractivity contribution >= 4 is 104 Å². The van der Waals surface area contributed by atoms with Crippen molar-refractivity contribution in [3.8, 4) is 51.5 Å². The van der Waals surface area contributed by atoms with Gasteiger partial charge in [0, 0.05) is 68.2 Å². The van der Waals surface area contributed by atoms with Crippen LogP contribution >= 0.6 is 34.8 Å². The summed E-state index contributed by atoms with van der Waals surface area (Å²) in [5.74, 6) is 0.453. The number of nitro groups is 3. The van der Waals surface area contributed by atoms with E-state index in [2.05, 4.69) is 94.8 Å². The molecule has 60 heteroatoms. The Balaban J connectivity index is 0.000000186. The summed E-state index contributed by atoms with van der Waals surface area (Å²) >= 11 is 17.2. The minimum absolute atomic E-state index is 0. The Bertz CT molecular complexity index is 6620. The molecule has 2 aliphatic heterocycles. The fourth-order valence-electron chi connectivity index (χ4n) is 12.0. The second-order valence-corrected chi connectivity index (χ2v) is 28.4. The number of nitrogens with two attached hydrogens (primary N) is 2. The third-order valence-corrected chi connectivity index (χ3v) is 18.4. The van der Waals surface area contributed by atoms with E-state index >= 15 is 0 Å². The lowest BCUT2D eigenvalue weighted by molar-refractivity contribution is -0.542. The highest BCUT2D eigenvalue weighted by atomic mass is 35.5. The number of benzene rings is 5. The summed E-state index contributed by atoms with van der Waals surface area (Å²) in [6.45, 7) is 2.19. The number of nitrogens with zero attached hydrogens (tertiary/aromatic N) is 23. The first kappa shape index (κ1) is 105. The first-order valence-corrected chi connectivity index (χ1v) is 40.2. The lowest BCUT2D eigenvalue weighted by Gasteiger charge is -2.23. The highest BCUT2D eigenvalue weighted by Crippen LogP contribution is 2.33. The van der Waals surface area contributed by atoms with Crippen molar-refractivity contribution in [3.63, 3.8) is 0 Å². The standard InChI is InChI=1S/C21H20F3N7O2.C16H10ClF3N6O.C10H6F3N3O3.C10H8F3N3O.C7H6F3NO.C6H3Cl2N3.C5H11NO.C3H2N4O4.CH4O.H2/c22-21(23,24)33-16-7-5-14(6-8-16)29-11-18(25-13-29)26-19-17-4-2-10-31(17)28-20(27-19)30-9-1-3-15(30)12-32;17-15-23-14(12-2-1-7-26(12)24-15)22-13-8-25(9-21-13)10-3-5-11(6-4-10)27-16(18,19)20;11-10(12,13)19-8-3-1-7(2-4-8)15-5-9(14-6-15)16(17)18;11-10(12,13)17-8-3-1-7(2-4-8)16-5-9(14)15-6-16;8-7(9,10)12-6-3-1-5(11)2-4-6;7-5-4-2-1-3-11(4)10-6(8)9-5;7-4-5-2-1-3-6-5;8-6(9)3-1-5(2-4-3)7(10)11;1-2;/h2,4-8,10-11,13,15,32H,1,3,9,12H2,(H,26,27,28);1-9H,(H,22,23,24);1-6H;1-6H,14H2;1-4H,11H2;1-3H;5-7H,1-4H2;1-2H;2H,1H3;1H/t15-;;;;;;5-;;;/m0.....0.../s1. The Labute approximate surface area is 785 Å². The normalized spacial score (nSPS) is 13.3. The van der Waals surface area contributed by atoms with Crippen LogP contribution < -0.4 is 56.0 Å². The number of nitrogens with one attached hydrogen (secondary N) is 3. The molecule has 0 amide bonds. The van der Waals surface area contributed by atoms with Crippen LogP contribution in [0.15, 0.2) is 239 Å². The van der Waals surface area contributed by atoms with Crippen LogP contribution in [0.4, 0.5) is 118 Å². The van der Waals surface area contributed by atoms with E-state index in [1.54, 1.807) is 70.6 Å². The van der Waals surface area contributed by atoms with Gasteiger partial charge in [0.15, 0.2) is 28.0 Å². The van der Waals surface area contributed by atoms with Gasteiger partial charge in [-0.05, 0) is 238 Å². The molecule has 0 bridgehead atoms. The van der Waals surface area contributed by atoms with Crippen LogP contribution in [-0.4, -0.2) is 199 Å². The molecule has 11 aromatic heterocycles. The second-order valence-electron chi connectivity index (χ2n) is 27.4. The molecule has 0 spiro atoms. The van der Waals surface area contributed by atoms with E-state index in [0.29, 0.717) is 91.5 Å². The van der Waals surface area contributed by atoms with Gasteiger partial charge in [0.25, 0.3) is 6.33 Å². The highest BCUT2D eigenvalue weighted by Gasteiger charge is 2.35. The molecule has 2 atom stereocenters. The Morgan fingerprint density at radius 3 is 1.19 bits per heavy atom. The number of fused-ring (bicyclic) bond motifs is 3.